The molecule has 0 aromatic carbocycles. The van der Waals surface area contributed by atoms with Gasteiger partial charge in [-0.1, -0.05) is 0 Å². The molecule has 0 unspecified atom stereocenters. The molecule has 6 N–H and O–H groups in total. The third kappa shape index (κ3) is 15.7. The van der Waals surface area contributed by atoms with E-state index in [0.29, 0.717) is 0 Å². The standard InChI is InChI=1S/2ClH.H6N4S2/c;;1-3-5-6-4-2/h2*1H;3-4H,1-2H2. The molecule has 54 valence electrons. The summed E-state index contributed by atoms with van der Waals surface area (Å²) in [6, 6.07) is 0. The van der Waals surface area contributed by atoms with Crippen LogP contribution in [0, 0.1) is 0 Å². The van der Waals surface area contributed by atoms with Crippen molar-refractivity contribution in [3.8, 4) is 0 Å². The minimum atomic E-state index is 0. The summed E-state index contributed by atoms with van der Waals surface area (Å²) in [7, 11) is 2.43. The first-order valence-electron chi connectivity index (χ1n) is 1.15. The highest BCUT2D eigenvalue weighted by Crippen LogP contribution is 2.06. The maximum Gasteiger partial charge on any atom is 0.0214 e. The number of hydrogen-bond acceptors (Lipinski definition) is 6. The van der Waals surface area contributed by atoms with E-state index < -0.39 is 0 Å². The molecule has 0 rings (SSSR count). The van der Waals surface area contributed by atoms with Crippen molar-refractivity contribution in [2.75, 3.05) is 0 Å². The molecule has 0 aliphatic carbocycles. The van der Waals surface area contributed by atoms with Crippen LogP contribution in [0.5, 0.6) is 0 Å². The highest BCUT2D eigenvalue weighted by atomic mass is 35.5. The Labute approximate surface area is 68.3 Å². The average molecular weight is 199 g/mol. The number of rotatable bonds is 3. The Bertz CT molecular complexity index is 24.0. The van der Waals surface area contributed by atoms with Gasteiger partial charge in [0, 0.05) is 22.0 Å². The van der Waals surface area contributed by atoms with E-state index in [2.05, 4.69) is 9.66 Å². The van der Waals surface area contributed by atoms with Crippen LogP contribution in [0.4, 0.5) is 0 Å². The third-order valence-corrected chi connectivity index (χ3v) is 1.24. The lowest BCUT2D eigenvalue weighted by Crippen LogP contribution is -2.15. The topological polar surface area (TPSA) is 76.1 Å². The highest BCUT2D eigenvalue weighted by Gasteiger charge is 1.73. The minimum absolute atomic E-state index is 0. The van der Waals surface area contributed by atoms with Crippen LogP contribution in [0.25, 0.3) is 0 Å². The molecule has 4 nitrogen and oxygen atoms in total. The Morgan fingerprint density at radius 3 is 1.25 bits per heavy atom. The van der Waals surface area contributed by atoms with Gasteiger partial charge in [-0.25, -0.2) is 0 Å². The Morgan fingerprint density at radius 2 is 1.12 bits per heavy atom. The molecule has 0 spiro atoms. The molecule has 0 aliphatic rings. The summed E-state index contributed by atoms with van der Waals surface area (Å²) >= 11 is 0. The van der Waals surface area contributed by atoms with Gasteiger partial charge in [0.2, 0.25) is 0 Å². The first kappa shape index (κ1) is 16.1. The third-order valence-electron chi connectivity index (χ3n) is 0.138. The van der Waals surface area contributed by atoms with Gasteiger partial charge in [-0.2, -0.15) is 9.66 Å². The predicted molar refractivity (Wildman–Crippen MR) is 44.3 cm³/mol. The number of halogens is 2. The summed E-state index contributed by atoms with van der Waals surface area (Å²) in [5.41, 5.74) is 0. The van der Waals surface area contributed by atoms with E-state index in [-0.39, 0.29) is 24.8 Å². The second kappa shape index (κ2) is 15.7. The fourth-order valence-corrected chi connectivity index (χ4v) is 0.433. The number of nitrogens with one attached hydrogen (secondary N) is 2. The number of nitrogens with two attached hydrogens (primary N) is 2. The average Bonchev–Trinajstić information content (AvgIpc) is 1.61. The summed E-state index contributed by atoms with van der Waals surface area (Å²) in [4.78, 5) is 4.61. The predicted octanol–water partition coefficient (Wildman–Crippen LogP) is -0.0320. The van der Waals surface area contributed by atoms with E-state index in [9.17, 15) is 0 Å². The lowest BCUT2D eigenvalue weighted by atomic mass is 13.0. The Hall–Kier alpha value is 1.12. The monoisotopic (exact) mass is 198 g/mol. The fraction of sp³-hybridized carbons (Fsp3) is 0. The maximum atomic E-state index is 4.81. The molecule has 0 radical (unpaired) electrons. The summed E-state index contributed by atoms with van der Waals surface area (Å²) in [6.07, 6.45) is 0. The largest absolute Gasteiger partial charge is 0.261 e. The molecule has 0 atom stereocenters. The van der Waals surface area contributed by atoms with Crippen molar-refractivity contribution in [2.24, 2.45) is 11.7 Å². The van der Waals surface area contributed by atoms with E-state index in [0.717, 1.165) is 0 Å². The zero-order chi connectivity index (χ0) is 4.83. The molecule has 0 bridgehead atoms. The van der Waals surface area contributed by atoms with E-state index in [1.807, 2.05) is 0 Å². The van der Waals surface area contributed by atoms with Gasteiger partial charge < -0.3 is 0 Å². The van der Waals surface area contributed by atoms with Crippen molar-refractivity contribution in [1.29, 1.82) is 0 Å². The van der Waals surface area contributed by atoms with Crippen LogP contribution in [0.15, 0.2) is 0 Å². The van der Waals surface area contributed by atoms with E-state index in [1.54, 1.807) is 0 Å². The van der Waals surface area contributed by atoms with Crippen molar-refractivity contribution in [1.82, 2.24) is 9.66 Å². The maximum absolute atomic E-state index is 4.81. The van der Waals surface area contributed by atoms with Crippen molar-refractivity contribution >= 4 is 46.8 Å². The highest BCUT2D eigenvalue weighted by molar-refractivity contribution is 8.75. The molecule has 0 aliphatic heterocycles. The van der Waals surface area contributed by atoms with Gasteiger partial charge in [0.15, 0.2) is 0 Å². The number of hydrogen-bond donors (Lipinski definition) is 4. The van der Waals surface area contributed by atoms with Crippen LogP contribution in [-0.4, -0.2) is 0 Å². The molecule has 0 aromatic heterocycles. The summed E-state index contributed by atoms with van der Waals surface area (Å²) in [5, 5.41) is 0. The van der Waals surface area contributed by atoms with Crippen molar-refractivity contribution < 1.29 is 0 Å². The molecule has 0 amide bonds. The lowest BCUT2D eigenvalue weighted by molar-refractivity contribution is 1.12. The molecule has 0 fully saturated rings. The summed E-state index contributed by atoms with van der Waals surface area (Å²) < 4.78 is 0. The van der Waals surface area contributed by atoms with Gasteiger partial charge in [-0.05, 0) is 0 Å². The fourth-order valence-electron chi connectivity index (χ4n) is 0.0481. The van der Waals surface area contributed by atoms with Crippen molar-refractivity contribution in [3.05, 3.63) is 0 Å². The first-order valence-corrected chi connectivity index (χ1v) is 3.30. The summed E-state index contributed by atoms with van der Waals surface area (Å²) in [6.45, 7) is 0. The van der Waals surface area contributed by atoms with E-state index >= 15 is 0 Å². The van der Waals surface area contributed by atoms with E-state index in [1.165, 1.54) is 22.0 Å². The van der Waals surface area contributed by atoms with Crippen molar-refractivity contribution in [2.45, 2.75) is 0 Å². The zero-order valence-electron chi connectivity index (χ0n) is 3.79. The molecular weight excluding hydrogens is 191 g/mol. The minimum Gasteiger partial charge on any atom is -0.261 e. The number of hydrazine groups is 2. The van der Waals surface area contributed by atoms with Crippen LogP contribution in [-0.2, 0) is 0 Å². The Kier molecular flexibility index (Phi) is 31.5. The quantitative estimate of drug-likeness (QED) is 0.168. The Balaban J connectivity index is -0.000000125. The second-order valence-electron chi connectivity index (χ2n) is 0.402. The Morgan fingerprint density at radius 1 is 0.875 bits per heavy atom. The van der Waals surface area contributed by atoms with Gasteiger partial charge in [-0.15, -0.1) is 24.8 Å². The molecule has 8 heteroatoms. The smallest absolute Gasteiger partial charge is 0.0214 e. The van der Waals surface area contributed by atoms with Crippen LogP contribution < -0.4 is 21.3 Å². The molecule has 8 heavy (non-hydrogen) atoms. The SMILES string of the molecule is Cl.Cl.NNSSNN. The van der Waals surface area contributed by atoms with Gasteiger partial charge in [0.1, 0.15) is 0 Å². The lowest BCUT2D eigenvalue weighted by Gasteiger charge is -1.89. The van der Waals surface area contributed by atoms with Crippen molar-refractivity contribution in [3.63, 3.8) is 0 Å². The summed E-state index contributed by atoms with van der Waals surface area (Å²) in [5.74, 6) is 9.62. The molecular formula is H8Cl2N4S2. The molecule has 0 saturated heterocycles. The molecule has 0 saturated carbocycles. The molecule has 0 heterocycles. The van der Waals surface area contributed by atoms with Crippen LogP contribution in [0.3, 0.4) is 0 Å². The van der Waals surface area contributed by atoms with Gasteiger partial charge in [0.05, 0.1) is 0 Å². The zero-order valence-corrected chi connectivity index (χ0v) is 7.05. The van der Waals surface area contributed by atoms with Gasteiger partial charge in [-0.3, -0.25) is 11.7 Å². The molecule has 0 aromatic rings. The van der Waals surface area contributed by atoms with Crippen LogP contribution in [0.2, 0.25) is 0 Å². The van der Waals surface area contributed by atoms with Gasteiger partial charge in [0.25, 0.3) is 0 Å². The first-order chi connectivity index (χ1) is 2.91. The second-order valence-corrected chi connectivity index (χ2v) is 2.21. The van der Waals surface area contributed by atoms with E-state index in [4.69, 9.17) is 11.7 Å². The van der Waals surface area contributed by atoms with Gasteiger partial charge >= 0.3 is 0 Å². The normalized spacial score (nSPS) is 6.75. The van der Waals surface area contributed by atoms with Crippen LogP contribution in [0.1, 0.15) is 0 Å². The van der Waals surface area contributed by atoms with Crippen LogP contribution >= 0.6 is 46.8 Å².